The molecule has 8 heteroatoms. The molecule has 30 heavy (non-hydrogen) atoms. The van der Waals surface area contributed by atoms with E-state index in [9.17, 15) is 4.79 Å². The standard InChI is InChI=1S/C22H34N6OS/c1-2-19-8-3-4-12-26(19)15-7-11-23-20(29)18-9-16-28(17-10-18)22-25-24-21(30-22)27-13-5-6-14-27/h5-6,13-14,18-19H,2-4,7-12,15-17H2,1H3,(H,23,29)/t19-/m0/s1. The highest BCUT2D eigenvalue weighted by atomic mass is 32.1. The van der Waals surface area contributed by atoms with Crippen molar-refractivity contribution in [3.05, 3.63) is 24.5 Å². The minimum absolute atomic E-state index is 0.122. The Hall–Kier alpha value is -1.93. The van der Waals surface area contributed by atoms with Gasteiger partial charge in [-0.15, -0.1) is 10.2 Å². The van der Waals surface area contributed by atoms with Gasteiger partial charge in [-0.2, -0.15) is 0 Å². The van der Waals surface area contributed by atoms with Gasteiger partial charge in [-0.05, 0) is 57.2 Å². The van der Waals surface area contributed by atoms with E-state index in [-0.39, 0.29) is 11.8 Å². The van der Waals surface area contributed by atoms with E-state index >= 15 is 0 Å². The molecule has 0 unspecified atom stereocenters. The second-order valence-corrected chi connectivity index (χ2v) is 9.39. The zero-order valence-electron chi connectivity index (χ0n) is 18.0. The fraction of sp³-hybridized carbons (Fsp3) is 0.682. The summed E-state index contributed by atoms with van der Waals surface area (Å²) in [5, 5.41) is 13.7. The van der Waals surface area contributed by atoms with Crippen LogP contribution in [-0.4, -0.2) is 64.3 Å². The summed E-state index contributed by atoms with van der Waals surface area (Å²) in [4.78, 5) is 17.5. The second kappa shape index (κ2) is 10.4. The second-order valence-electron chi connectivity index (χ2n) is 8.46. The average Bonchev–Trinajstić information content (AvgIpc) is 3.49. The lowest BCUT2D eigenvalue weighted by Crippen LogP contribution is -2.42. The minimum Gasteiger partial charge on any atom is -0.356 e. The van der Waals surface area contributed by atoms with Crippen molar-refractivity contribution in [3.63, 3.8) is 0 Å². The summed E-state index contributed by atoms with van der Waals surface area (Å²) in [7, 11) is 0. The first kappa shape index (κ1) is 21.3. The molecule has 0 saturated carbocycles. The Morgan fingerprint density at radius 3 is 2.63 bits per heavy atom. The van der Waals surface area contributed by atoms with Crippen LogP contribution in [0.3, 0.4) is 0 Å². The number of nitrogens with one attached hydrogen (secondary N) is 1. The number of anilines is 1. The summed E-state index contributed by atoms with van der Waals surface area (Å²) in [6.45, 7) is 7.15. The molecule has 4 rings (SSSR count). The number of aromatic nitrogens is 3. The molecule has 0 aromatic carbocycles. The first-order valence-electron chi connectivity index (χ1n) is 11.5. The Kier molecular flexibility index (Phi) is 7.38. The highest BCUT2D eigenvalue weighted by Crippen LogP contribution is 2.28. The number of carbonyl (C=O) groups excluding carboxylic acids is 1. The van der Waals surface area contributed by atoms with E-state index in [2.05, 4.69) is 32.2 Å². The highest BCUT2D eigenvalue weighted by Gasteiger charge is 2.27. The van der Waals surface area contributed by atoms with E-state index in [1.807, 2.05) is 29.1 Å². The topological polar surface area (TPSA) is 66.3 Å². The van der Waals surface area contributed by atoms with Gasteiger partial charge in [0, 0.05) is 50.5 Å². The molecule has 2 aliphatic rings. The van der Waals surface area contributed by atoms with Gasteiger partial charge in [-0.3, -0.25) is 9.36 Å². The smallest absolute Gasteiger partial charge is 0.223 e. The molecule has 1 atom stereocenters. The average molecular weight is 431 g/mol. The normalized spacial score (nSPS) is 21.1. The van der Waals surface area contributed by atoms with Crippen LogP contribution >= 0.6 is 11.3 Å². The summed E-state index contributed by atoms with van der Waals surface area (Å²) < 4.78 is 1.98. The van der Waals surface area contributed by atoms with E-state index < -0.39 is 0 Å². The lowest BCUT2D eigenvalue weighted by atomic mass is 9.96. The molecule has 2 fully saturated rings. The lowest BCUT2D eigenvalue weighted by molar-refractivity contribution is -0.125. The maximum Gasteiger partial charge on any atom is 0.223 e. The van der Waals surface area contributed by atoms with Gasteiger partial charge in [0.15, 0.2) is 0 Å². The number of rotatable bonds is 8. The Balaban J connectivity index is 1.16. The SMILES string of the molecule is CC[C@H]1CCCCN1CCCNC(=O)C1CCN(c2nnc(-n3cccc3)s2)CC1. The van der Waals surface area contributed by atoms with Crippen molar-refractivity contribution in [2.75, 3.05) is 37.6 Å². The van der Waals surface area contributed by atoms with Gasteiger partial charge in [-0.1, -0.05) is 24.7 Å². The van der Waals surface area contributed by atoms with Crippen molar-refractivity contribution < 1.29 is 4.79 Å². The summed E-state index contributed by atoms with van der Waals surface area (Å²) >= 11 is 1.60. The number of hydrogen-bond acceptors (Lipinski definition) is 6. The van der Waals surface area contributed by atoms with Crippen LogP contribution in [0.1, 0.15) is 51.9 Å². The molecule has 2 saturated heterocycles. The first-order valence-corrected chi connectivity index (χ1v) is 12.3. The first-order chi connectivity index (χ1) is 14.7. The third-order valence-electron chi connectivity index (χ3n) is 6.51. The Morgan fingerprint density at radius 1 is 1.10 bits per heavy atom. The molecule has 2 aromatic heterocycles. The van der Waals surface area contributed by atoms with E-state index in [1.165, 1.54) is 32.2 Å². The third kappa shape index (κ3) is 5.21. The number of carbonyl (C=O) groups is 1. The van der Waals surface area contributed by atoms with Crippen LogP contribution < -0.4 is 10.2 Å². The van der Waals surface area contributed by atoms with Crippen LogP contribution in [0.25, 0.3) is 5.13 Å². The maximum absolute atomic E-state index is 12.6. The number of nitrogens with zero attached hydrogens (tertiary/aromatic N) is 5. The van der Waals surface area contributed by atoms with Crippen LogP contribution in [0, 0.1) is 5.92 Å². The van der Waals surface area contributed by atoms with Crippen LogP contribution in [0.2, 0.25) is 0 Å². The molecule has 164 valence electrons. The summed E-state index contributed by atoms with van der Waals surface area (Å²) in [5.74, 6) is 0.349. The van der Waals surface area contributed by atoms with Gasteiger partial charge in [0.2, 0.25) is 16.2 Å². The largest absolute Gasteiger partial charge is 0.356 e. The van der Waals surface area contributed by atoms with Gasteiger partial charge in [-0.25, -0.2) is 0 Å². The van der Waals surface area contributed by atoms with Crippen molar-refractivity contribution in [1.82, 2.24) is 25.0 Å². The molecule has 0 spiro atoms. The van der Waals surface area contributed by atoms with Crippen molar-refractivity contribution in [2.45, 2.75) is 57.9 Å². The molecule has 7 nitrogen and oxygen atoms in total. The fourth-order valence-electron chi connectivity index (χ4n) is 4.69. The van der Waals surface area contributed by atoms with Crippen LogP contribution in [0.4, 0.5) is 5.13 Å². The van der Waals surface area contributed by atoms with E-state index in [0.717, 1.165) is 61.7 Å². The van der Waals surface area contributed by atoms with Gasteiger partial charge in [0.1, 0.15) is 0 Å². The third-order valence-corrected chi connectivity index (χ3v) is 7.50. The van der Waals surface area contributed by atoms with Gasteiger partial charge < -0.3 is 15.1 Å². The number of amides is 1. The molecule has 0 aliphatic carbocycles. The summed E-state index contributed by atoms with van der Waals surface area (Å²) in [6.07, 6.45) is 12.0. The van der Waals surface area contributed by atoms with Crippen molar-refractivity contribution in [2.24, 2.45) is 5.92 Å². The summed E-state index contributed by atoms with van der Waals surface area (Å²) in [5.41, 5.74) is 0. The van der Waals surface area contributed by atoms with Crippen molar-refractivity contribution in [3.8, 4) is 5.13 Å². The summed E-state index contributed by atoms with van der Waals surface area (Å²) in [6, 6.07) is 4.72. The molecular weight excluding hydrogens is 396 g/mol. The van der Waals surface area contributed by atoms with Gasteiger partial charge in [0.25, 0.3) is 0 Å². The quantitative estimate of drug-likeness (QED) is 0.651. The van der Waals surface area contributed by atoms with Crippen molar-refractivity contribution in [1.29, 1.82) is 0 Å². The molecule has 0 radical (unpaired) electrons. The molecular formula is C22H34N6OS. The maximum atomic E-state index is 12.6. The van der Waals surface area contributed by atoms with E-state index in [4.69, 9.17) is 0 Å². The van der Waals surface area contributed by atoms with E-state index in [1.54, 1.807) is 11.3 Å². The Labute approximate surface area is 183 Å². The number of likely N-dealkylation sites (tertiary alicyclic amines) is 1. The van der Waals surface area contributed by atoms with Crippen molar-refractivity contribution >= 4 is 22.4 Å². The zero-order valence-corrected chi connectivity index (χ0v) is 18.8. The Morgan fingerprint density at radius 2 is 1.87 bits per heavy atom. The predicted molar refractivity (Wildman–Crippen MR) is 121 cm³/mol. The lowest BCUT2D eigenvalue weighted by Gasteiger charge is -2.35. The van der Waals surface area contributed by atoms with E-state index in [0.29, 0.717) is 0 Å². The molecule has 4 heterocycles. The van der Waals surface area contributed by atoms with Gasteiger partial charge in [0.05, 0.1) is 0 Å². The molecule has 2 aromatic rings. The Bertz CT molecular complexity index is 783. The fourth-order valence-corrected chi connectivity index (χ4v) is 5.56. The molecule has 1 N–H and O–H groups in total. The molecule has 2 aliphatic heterocycles. The predicted octanol–water partition coefficient (Wildman–Crippen LogP) is 3.32. The highest BCUT2D eigenvalue weighted by molar-refractivity contribution is 7.17. The minimum atomic E-state index is 0.122. The monoisotopic (exact) mass is 430 g/mol. The van der Waals surface area contributed by atoms with Gasteiger partial charge >= 0.3 is 0 Å². The molecule has 0 bridgehead atoms. The van der Waals surface area contributed by atoms with Crippen LogP contribution in [-0.2, 0) is 4.79 Å². The van der Waals surface area contributed by atoms with Crippen LogP contribution in [0.5, 0.6) is 0 Å². The zero-order chi connectivity index (χ0) is 20.8. The van der Waals surface area contributed by atoms with Crippen LogP contribution in [0.15, 0.2) is 24.5 Å². The molecule has 1 amide bonds. The number of hydrogen-bond donors (Lipinski definition) is 1. The number of piperidine rings is 2.